The van der Waals surface area contributed by atoms with Gasteiger partial charge in [0, 0.05) is 12.7 Å². The third-order valence-corrected chi connectivity index (χ3v) is 2.81. The molecule has 0 aliphatic rings. The summed E-state index contributed by atoms with van der Waals surface area (Å²) in [6.07, 6.45) is -11.7. The lowest BCUT2D eigenvalue weighted by Gasteiger charge is -2.29. The van der Waals surface area contributed by atoms with Crippen molar-refractivity contribution in [2.45, 2.75) is 24.2 Å². The van der Waals surface area contributed by atoms with Gasteiger partial charge in [-0.05, 0) is 12.1 Å². The van der Waals surface area contributed by atoms with Gasteiger partial charge in [0.05, 0.1) is 0 Å². The molecule has 0 aliphatic heterocycles. The highest BCUT2D eigenvalue weighted by molar-refractivity contribution is 6.29. The second-order valence-corrected chi connectivity index (χ2v) is 4.79. The highest BCUT2D eigenvalue weighted by atomic mass is 35.5. The molecule has 0 atom stereocenters. The molecular weight excluding hydrogens is 400 g/mol. The van der Waals surface area contributed by atoms with Gasteiger partial charge in [0.25, 0.3) is 0 Å². The van der Waals surface area contributed by atoms with Crippen LogP contribution in [0.3, 0.4) is 0 Å². The molecule has 142 valence electrons. The number of halogens is 11. The largest absolute Gasteiger partial charge is 0.460 e. The fourth-order valence-corrected chi connectivity index (χ4v) is 1.66. The lowest BCUT2D eigenvalue weighted by atomic mass is 10.1. The highest BCUT2D eigenvalue weighted by Gasteiger charge is 2.75. The molecule has 0 aliphatic carbocycles. The van der Waals surface area contributed by atoms with Gasteiger partial charge >= 0.3 is 24.2 Å². The third kappa shape index (κ3) is 4.25. The number of nitrogens with one attached hydrogen (secondary N) is 1. The van der Waals surface area contributed by atoms with Crippen molar-refractivity contribution in [3.05, 3.63) is 23.0 Å². The number of pyridine rings is 1. The fourth-order valence-electron chi connectivity index (χ4n) is 1.45. The van der Waals surface area contributed by atoms with Crippen LogP contribution in [0, 0.1) is 0 Å². The zero-order valence-corrected chi connectivity index (χ0v) is 12.5. The summed E-state index contributed by atoms with van der Waals surface area (Å²) in [7, 11) is 0.441. The molecule has 0 fully saturated rings. The van der Waals surface area contributed by atoms with Crippen molar-refractivity contribution >= 4 is 23.1 Å². The summed E-state index contributed by atoms with van der Waals surface area (Å²) < 4.78 is 127. The van der Waals surface area contributed by atoms with E-state index in [1.807, 2.05) is 0 Å². The van der Waals surface area contributed by atoms with Crippen molar-refractivity contribution in [2.24, 2.45) is 4.99 Å². The standard InChI is InChI=1S/C11H6ClF10N3/c1-23-7(8(13,14)10(18,19)11(20,21)22)24-4-2-5(9(15,16)17)25-6(12)3-4/h2-3H,1H3,(H,23,24,25). The normalized spacial score (nSPS) is 14.6. The zero-order chi connectivity index (χ0) is 19.8. The second kappa shape index (κ2) is 6.50. The van der Waals surface area contributed by atoms with Crippen molar-refractivity contribution in [3.8, 4) is 0 Å². The quantitative estimate of drug-likeness (QED) is 0.331. The molecule has 0 amide bonds. The predicted octanol–water partition coefficient (Wildman–Crippen LogP) is 5.03. The Labute approximate surface area is 137 Å². The van der Waals surface area contributed by atoms with Crippen molar-refractivity contribution in [2.75, 3.05) is 12.4 Å². The molecule has 0 bridgehead atoms. The number of aliphatic imine (C=N–C) groups is 1. The van der Waals surface area contributed by atoms with Crippen LogP contribution in [-0.2, 0) is 6.18 Å². The lowest BCUT2D eigenvalue weighted by molar-refractivity contribution is -0.336. The first-order valence-electron chi connectivity index (χ1n) is 5.85. The minimum absolute atomic E-state index is 0.0822. The number of hydrogen-bond acceptors (Lipinski definition) is 2. The van der Waals surface area contributed by atoms with E-state index in [9.17, 15) is 43.9 Å². The average molecular weight is 406 g/mol. The molecule has 1 aromatic heterocycles. The number of alkyl halides is 10. The molecule has 1 rings (SSSR count). The van der Waals surface area contributed by atoms with E-state index in [-0.39, 0.29) is 6.07 Å². The van der Waals surface area contributed by atoms with E-state index >= 15 is 0 Å². The van der Waals surface area contributed by atoms with Crippen LogP contribution >= 0.6 is 11.6 Å². The highest BCUT2D eigenvalue weighted by Crippen LogP contribution is 2.47. The van der Waals surface area contributed by atoms with Gasteiger partial charge in [-0.1, -0.05) is 11.6 Å². The molecule has 0 spiro atoms. The van der Waals surface area contributed by atoms with Gasteiger partial charge in [0.2, 0.25) is 0 Å². The molecule has 14 heteroatoms. The predicted molar refractivity (Wildman–Crippen MR) is 67.2 cm³/mol. The van der Waals surface area contributed by atoms with Crippen molar-refractivity contribution in [1.82, 2.24) is 4.98 Å². The first kappa shape index (κ1) is 21.3. The maximum atomic E-state index is 13.5. The fraction of sp³-hybridized carbons (Fsp3) is 0.455. The molecule has 0 aromatic carbocycles. The Hall–Kier alpha value is -1.79. The minimum Gasteiger partial charge on any atom is -0.339 e. The Morgan fingerprint density at radius 2 is 1.52 bits per heavy atom. The summed E-state index contributed by atoms with van der Waals surface area (Å²) in [5, 5.41) is 0.420. The summed E-state index contributed by atoms with van der Waals surface area (Å²) in [5.41, 5.74) is -2.66. The number of hydrogen-bond donors (Lipinski definition) is 1. The number of anilines is 1. The van der Waals surface area contributed by atoms with E-state index in [0.29, 0.717) is 13.1 Å². The van der Waals surface area contributed by atoms with Crippen LogP contribution in [0.4, 0.5) is 49.6 Å². The van der Waals surface area contributed by atoms with Crippen molar-refractivity contribution in [1.29, 1.82) is 0 Å². The van der Waals surface area contributed by atoms with E-state index < -0.39 is 46.6 Å². The summed E-state index contributed by atoms with van der Waals surface area (Å²) in [6.45, 7) is 0. The van der Waals surface area contributed by atoms with Crippen molar-refractivity contribution < 1.29 is 43.9 Å². The Kier molecular flexibility index (Phi) is 5.52. The molecule has 25 heavy (non-hydrogen) atoms. The smallest absolute Gasteiger partial charge is 0.339 e. The van der Waals surface area contributed by atoms with E-state index in [2.05, 4.69) is 9.98 Å². The van der Waals surface area contributed by atoms with Gasteiger partial charge in [-0.2, -0.15) is 43.9 Å². The Morgan fingerprint density at radius 1 is 1.00 bits per heavy atom. The van der Waals surface area contributed by atoms with Crippen LogP contribution < -0.4 is 5.32 Å². The maximum absolute atomic E-state index is 13.5. The van der Waals surface area contributed by atoms with Crippen LogP contribution in [0.5, 0.6) is 0 Å². The first-order valence-corrected chi connectivity index (χ1v) is 6.23. The third-order valence-electron chi connectivity index (χ3n) is 2.62. The minimum atomic E-state index is -6.64. The monoisotopic (exact) mass is 405 g/mol. The molecule has 1 aromatic rings. The molecule has 1 N–H and O–H groups in total. The van der Waals surface area contributed by atoms with Crippen LogP contribution in [0.15, 0.2) is 17.1 Å². The summed E-state index contributed by atoms with van der Waals surface area (Å²) in [6, 6.07) is 0.586. The molecule has 0 saturated carbocycles. The molecule has 1 heterocycles. The number of rotatable bonds is 3. The van der Waals surface area contributed by atoms with Gasteiger partial charge in [-0.25, -0.2) is 4.98 Å². The van der Waals surface area contributed by atoms with Gasteiger partial charge < -0.3 is 5.32 Å². The summed E-state index contributed by atoms with van der Waals surface area (Å²) in [4.78, 5) is 5.42. The molecule has 0 radical (unpaired) electrons. The molecule has 0 unspecified atom stereocenters. The number of nitrogens with zero attached hydrogens (tertiary/aromatic N) is 2. The first-order chi connectivity index (χ1) is 11.0. The van der Waals surface area contributed by atoms with Gasteiger partial charge in [0.1, 0.15) is 10.8 Å². The SMILES string of the molecule is C/N=C(\Nc1cc(Cl)nc(C(F)(F)F)c1)C(F)(F)C(F)(F)C(F)(F)F. The lowest BCUT2D eigenvalue weighted by Crippen LogP contribution is -2.57. The Balaban J connectivity index is 3.31. The van der Waals surface area contributed by atoms with E-state index in [0.717, 1.165) is 0 Å². The maximum Gasteiger partial charge on any atom is 0.460 e. The Morgan fingerprint density at radius 3 is 1.92 bits per heavy atom. The number of aromatic nitrogens is 1. The molecular formula is C11H6ClF10N3. The van der Waals surface area contributed by atoms with E-state index in [1.165, 1.54) is 5.32 Å². The van der Waals surface area contributed by atoms with Crippen LogP contribution in [0.1, 0.15) is 5.69 Å². The van der Waals surface area contributed by atoms with Gasteiger partial charge in [0.15, 0.2) is 5.84 Å². The molecule has 0 saturated heterocycles. The van der Waals surface area contributed by atoms with Crippen LogP contribution in [0.25, 0.3) is 0 Å². The average Bonchev–Trinajstić information content (AvgIpc) is 2.41. The van der Waals surface area contributed by atoms with Gasteiger partial charge in [-0.15, -0.1) is 0 Å². The summed E-state index contributed by atoms with van der Waals surface area (Å²) in [5.74, 6) is -14.6. The molecule has 3 nitrogen and oxygen atoms in total. The topological polar surface area (TPSA) is 37.3 Å². The van der Waals surface area contributed by atoms with Crippen LogP contribution in [0.2, 0.25) is 5.15 Å². The van der Waals surface area contributed by atoms with Crippen molar-refractivity contribution in [3.63, 3.8) is 0 Å². The second-order valence-electron chi connectivity index (χ2n) is 4.41. The van der Waals surface area contributed by atoms with E-state index in [1.54, 1.807) is 0 Å². The van der Waals surface area contributed by atoms with E-state index in [4.69, 9.17) is 11.6 Å². The summed E-state index contributed by atoms with van der Waals surface area (Å²) >= 11 is 5.25. The number of amidine groups is 1. The van der Waals surface area contributed by atoms with Crippen LogP contribution in [-0.4, -0.2) is 35.9 Å². The Bertz CT molecular complexity index is 665. The van der Waals surface area contributed by atoms with Gasteiger partial charge in [-0.3, -0.25) is 4.99 Å². The zero-order valence-electron chi connectivity index (χ0n) is 11.7.